The lowest BCUT2D eigenvalue weighted by molar-refractivity contribution is -0.132. The number of hydrogen-bond donors (Lipinski definition) is 0. The van der Waals surface area contributed by atoms with Crippen LogP contribution in [-0.2, 0) is 14.4 Å². The highest BCUT2D eigenvalue weighted by atomic mass is 35.5. The van der Waals surface area contributed by atoms with E-state index >= 15 is 0 Å². The Kier molecular flexibility index (Phi) is 5.09. The summed E-state index contributed by atoms with van der Waals surface area (Å²) in [6.45, 7) is 1.29. The van der Waals surface area contributed by atoms with E-state index in [1.807, 2.05) is 0 Å². The van der Waals surface area contributed by atoms with Gasteiger partial charge in [0, 0.05) is 23.7 Å². The summed E-state index contributed by atoms with van der Waals surface area (Å²) in [6, 6.07) is 11.1. The predicted octanol–water partition coefficient (Wildman–Crippen LogP) is 2.86. The summed E-state index contributed by atoms with van der Waals surface area (Å²) in [4.78, 5) is 52.8. The van der Waals surface area contributed by atoms with E-state index in [4.69, 9.17) is 16.3 Å². The molecular formula is C24H18ClN3O5. The van der Waals surface area contributed by atoms with E-state index in [2.05, 4.69) is 5.10 Å². The molecule has 2 aromatic rings. The molecule has 0 unspecified atom stereocenters. The third kappa shape index (κ3) is 3.43. The number of rotatable bonds is 4. The maximum Gasteiger partial charge on any atom is 0.308 e. The van der Waals surface area contributed by atoms with Crippen molar-refractivity contribution in [3.8, 4) is 5.75 Å². The number of Topliss-reactive ketones (excluding diaryl/α,β-unsaturated/α-hetero) is 1. The molecule has 0 radical (unpaired) electrons. The molecule has 2 saturated heterocycles. The topological polar surface area (TPSA) is 96.3 Å². The molecule has 4 atom stereocenters. The van der Waals surface area contributed by atoms with Crippen molar-refractivity contribution in [2.24, 2.45) is 16.9 Å². The second kappa shape index (κ2) is 7.97. The molecule has 166 valence electrons. The molecule has 33 heavy (non-hydrogen) atoms. The Bertz CT molecular complexity index is 1220. The van der Waals surface area contributed by atoms with Crippen molar-refractivity contribution in [3.63, 3.8) is 0 Å². The van der Waals surface area contributed by atoms with Gasteiger partial charge in [0.2, 0.25) is 11.8 Å². The van der Waals surface area contributed by atoms with E-state index in [-0.39, 0.29) is 11.7 Å². The third-order valence-corrected chi connectivity index (χ3v) is 6.30. The maximum atomic E-state index is 13.6. The van der Waals surface area contributed by atoms with Gasteiger partial charge in [0.25, 0.3) is 0 Å². The Morgan fingerprint density at radius 2 is 1.64 bits per heavy atom. The number of halogens is 1. The van der Waals surface area contributed by atoms with Gasteiger partial charge < -0.3 is 4.74 Å². The highest BCUT2D eigenvalue weighted by molar-refractivity contribution is 6.31. The number of amides is 2. The number of carbonyl (C=O) groups is 4. The summed E-state index contributed by atoms with van der Waals surface area (Å²) < 4.78 is 5.02. The molecule has 3 aliphatic heterocycles. The number of hydrazone groups is 1. The van der Waals surface area contributed by atoms with Gasteiger partial charge in [-0.1, -0.05) is 17.7 Å². The molecule has 9 heteroatoms. The van der Waals surface area contributed by atoms with E-state index in [0.29, 0.717) is 22.0 Å². The van der Waals surface area contributed by atoms with Crippen molar-refractivity contribution in [2.45, 2.75) is 19.0 Å². The first kappa shape index (κ1) is 21.1. The van der Waals surface area contributed by atoms with Crippen molar-refractivity contribution in [2.75, 3.05) is 4.90 Å². The molecule has 8 nitrogen and oxygen atoms in total. The zero-order valence-corrected chi connectivity index (χ0v) is 18.2. The first-order valence-corrected chi connectivity index (χ1v) is 10.7. The van der Waals surface area contributed by atoms with Gasteiger partial charge in [0.1, 0.15) is 11.8 Å². The zero-order chi connectivity index (χ0) is 23.3. The molecule has 0 spiro atoms. The third-order valence-electron chi connectivity index (χ3n) is 6.04. The van der Waals surface area contributed by atoms with Gasteiger partial charge in [-0.3, -0.25) is 24.2 Å². The fourth-order valence-electron chi connectivity index (χ4n) is 4.71. The predicted molar refractivity (Wildman–Crippen MR) is 120 cm³/mol. The number of ether oxygens (including phenoxy) is 1. The number of anilines is 1. The highest BCUT2D eigenvalue weighted by Crippen LogP contribution is 2.46. The van der Waals surface area contributed by atoms with Crippen LogP contribution in [0.2, 0.25) is 5.02 Å². The van der Waals surface area contributed by atoms with Crippen LogP contribution in [0.1, 0.15) is 17.3 Å². The van der Waals surface area contributed by atoms with Crippen LogP contribution in [0.5, 0.6) is 5.75 Å². The first-order chi connectivity index (χ1) is 15.9. The summed E-state index contributed by atoms with van der Waals surface area (Å²) in [5.74, 6) is -2.95. The maximum absolute atomic E-state index is 13.6. The van der Waals surface area contributed by atoms with Crippen LogP contribution in [0, 0.1) is 11.8 Å². The van der Waals surface area contributed by atoms with Gasteiger partial charge in [-0.2, -0.15) is 5.10 Å². The molecule has 2 fully saturated rings. The van der Waals surface area contributed by atoms with Crippen molar-refractivity contribution >= 4 is 47.1 Å². The quantitative estimate of drug-likeness (QED) is 0.299. The van der Waals surface area contributed by atoms with E-state index in [1.54, 1.807) is 41.4 Å². The van der Waals surface area contributed by atoms with Crippen molar-refractivity contribution < 1.29 is 23.9 Å². The van der Waals surface area contributed by atoms with Crippen molar-refractivity contribution in [1.29, 1.82) is 0 Å². The zero-order valence-electron chi connectivity index (χ0n) is 17.4. The SMILES string of the molecule is CC(=O)Oc1ccc(C(=O)[C@@H]2[C@H]3C(=O)N(c4ccc(Cl)cc4)C(=O)[C@@H]3[C@H]3C=CC=NN32)cc1. The Morgan fingerprint density at radius 3 is 2.30 bits per heavy atom. The number of fused-ring (bicyclic) bond motifs is 3. The molecule has 0 bridgehead atoms. The fourth-order valence-corrected chi connectivity index (χ4v) is 4.83. The van der Waals surface area contributed by atoms with Gasteiger partial charge in [-0.25, -0.2) is 4.90 Å². The summed E-state index contributed by atoms with van der Waals surface area (Å²) in [5, 5.41) is 6.36. The van der Waals surface area contributed by atoms with Crippen LogP contribution >= 0.6 is 11.6 Å². The molecule has 0 aliphatic carbocycles. The number of ketones is 1. The number of carbonyl (C=O) groups excluding carboxylic acids is 4. The Hall–Kier alpha value is -3.78. The average Bonchev–Trinajstić information content (AvgIpc) is 3.27. The fraction of sp³-hybridized carbons (Fsp3) is 0.208. The molecule has 2 amide bonds. The summed E-state index contributed by atoms with van der Waals surface area (Å²) in [5.41, 5.74) is 0.737. The minimum atomic E-state index is -0.950. The second-order valence-electron chi connectivity index (χ2n) is 7.99. The van der Waals surface area contributed by atoms with Gasteiger partial charge >= 0.3 is 5.97 Å². The molecule has 2 aromatic carbocycles. The standard InChI is InChI=1S/C24H18ClN3O5/c1-13(29)33-17-10-4-14(5-11-17)22(30)21-20-19(18-3-2-12-26-28(18)21)23(31)27(24(20)32)16-8-6-15(25)7-9-16/h2-12,18-21H,1H3/t18-,19-,20+,21+/m1/s1. The van der Waals surface area contributed by atoms with Gasteiger partial charge in [0.05, 0.1) is 23.6 Å². The summed E-state index contributed by atoms with van der Waals surface area (Å²) >= 11 is 5.96. The highest BCUT2D eigenvalue weighted by Gasteiger charge is 2.64. The average molecular weight is 464 g/mol. The number of hydrogen-bond acceptors (Lipinski definition) is 7. The number of nitrogens with zero attached hydrogens (tertiary/aromatic N) is 3. The lowest BCUT2D eigenvalue weighted by atomic mass is 9.86. The minimum Gasteiger partial charge on any atom is -0.427 e. The van der Waals surface area contributed by atoms with Crippen LogP contribution in [0.15, 0.2) is 65.8 Å². The molecule has 0 saturated carbocycles. The second-order valence-corrected chi connectivity index (χ2v) is 8.42. The Labute approximate surface area is 194 Å². The molecule has 3 aliphatic rings. The monoisotopic (exact) mass is 463 g/mol. The van der Waals surface area contributed by atoms with E-state index in [9.17, 15) is 19.2 Å². The van der Waals surface area contributed by atoms with E-state index in [0.717, 1.165) is 4.90 Å². The van der Waals surface area contributed by atoms with E-state index in [1.165, 1.54) is 37.4 Å². The smallest absolute Gasteiger partial charge is 0.308 e. The van der Waals surface area contributed by atoms with Crippen LogP contribution in [0.4, 0.5) is 5.69 Å². The first-order valence-electron chi connectivity index (χ1n) is 10.3. The molecule has 0 N–H and O–H groups in total. The lowest BCUT2D eigenvalue weighted by Crippen LogP contribution is -2.46. The van der Waals surface area contributed by atoms with Gasteiger partial charge in [0.15, 0.2) is 5.78 Å². The van der Waals surface area contributed by atoms with Crippen LogP contribution in [0.25, 0.3) is 0 Å². The van der Waals surface area contributed by atoms with Crippen LogP contribution < -0.4 is 9.64 Å². The molecular weight excluding hydrogens is 446 g/mol. The number of imide groups is 1. The summed E-state index contributed by atoms with van der Waals surface area (Å²) in [6.07, 6.45) is 5.04. The number of benzene rings is 2. The molecule has 3 heterocycles. The number of esters is 1. The van der Waals surface area contributed by atoms with Crippen LogP contribution in [-0.4, -0.2) is 46.9 Å². The van der Waals surface area contributed by atoms with Gasteiger partial charge in [-0.15, -0.1) is 0 Å². The van der Waals surface area contributed by atoms with Crippen molar-refractivity contribution in [1.82, 2.24) is 5.01 Å². The van der Waals surface area contributed by atoms with E-state index < -0.39 is 35.8 Å². The normalized spacial score (nSPS) is 25.3. The number of allylic oxidation sites excluding steroid dienone is 1. The Balaban J connectivity index is 1.51. The van der Waals surface area contributed by atoms with Crippen LogP contribution in [0.3, 0.4) is 0 Å². The van der Waals surface area contributed by atoms with Crippen molar-refractivity contribution in [3.05, 3.63) is 71.3 Å². The Morgan fingerprint density at radius 1 is 0.970 bits per heavy atom. The molecule has 0 aromatic heterocycles. The summed E-state index contributed by atoms with van der Waals surface area (Å²) in [7, 11) is 0. The lowest BCUT2D eigenvalue weighted by Gasteiger charge is -2.30. The van der Waals surface area contributed by atoms with Gasteiger partial charge in [-0.05, 0) is 54.6 Å². The largest absolute Gasteiger partial charge is 0.427 e. The molecule has 5 rings (SSSR count). The minimum absolute atomic E-state index is 0.307.